The van der Waals surface area contributed by atoms with Gasteiger partial charge in [-0.1, -0.05) is 17.7 Å². The van der Waals surface area contributed by atoms with Crippen LogP contribution in [0.4, 0.5) is 10.5 Å². The van der Waals surface area contributed by atoms with Gasteiger partial charge in [0.2, 0.25) is 0 Å². The first-order valence-electron chi connectivity index (χ1n) is 7.01. The van der Waals surface area contributed by atoms with Crippen molar-refractivity contribution in [2.45, 2.75) is 32.1 Å². The predicted molar refractivity (Wildman–Crippen MR) is 79.3 cm³/mol. The molecule has 4 nitrogen and oxygen atoms in total. The fraction of sp³-hybridized carbons (Fsp3) is 0.375. The summed E-state index contributed by atoms with van der Waals surface area (Å²) in [6.45, 7) is 0.648. The molecule has 0 heterocycles. The zero-order chi connectivity index (χ0) is 14.2. The highest BCUT2D eigenvalue weighted by atomic mass is 16.2. The first-order valence-corrected chi connectivity index (χ1v) is 7.01. The van der Waals surface area contributed by atoms with Gasteiger partial charge in [0.1, 0.15) is 0 Å². The van der Waals surface area contributed by atoms with E-state index in [1.165, 1.54) is 24.8 Å². The van der Waals surface area contributed by atoms with E-state index in [9.17, 15) is 4.79 Å². The third-order valence-electron chi connectivity index (χ3n) is 3.37. The van der Waals surface area contributed by atoms with Crippen LogP contribution in [0, 0.1) is 11.3 Å². The molecule has 0 radical (unpaired) electrons. The lowest BCUT2D eigenvalue weighted by molar-refractivity contribution is 0.252. The number of carbonyl (C=O) groups excluding carboxylic acids is 1. The lowest BCUT2D eigenvalue weighted by Crippen LogP contribution is -2.29. The summed E-state index contributed by atoms with van der Waals surface area (Å²) in [5, 5.41) is 14.4. The number of hydrogen-bond acceptors (Lipinski definition) is 2. The molecule has 0 fully saturated rings. The fourth-order valence-corrected chi connectivity index (χ4v) is 2.31. The first-order chi connectivity index (χ1) is 9.78. The molecule has 1 aromatic carbocycles. The van der Waals surface area contributed by atoms with Crippen molar-refractivity contribution < 1.29 is 4.79 Å². The van der Waals surface area contributed by atoms with Crippen molar-refractivity contribution in [2.75, 3.05) is 11.9 Å². The quantitative estimate of drug-likeness (QED) is 0.821. The van der Waals surface area contributed by atoms with Gasteiger partial charge in [-0.15, -0.1) is 0 Å². The van der Waals surface area contributed by atoms with Crippen LogP contribution in [0.5, 0.6) is 0 Å². The van der Waals surface area contributed by atoms with Crippen molar-refractivity contribution in [1.82, 2.24) is 5.32 Å². The number of anilines is 1. The van der Waals surface area contributed by atoms with Gasteiger partial charge in [0.15, 0.2) is 0 Å². The molecule has 1 aromatic rings. The molecule has 0 saturated heterocycles. The summed E-state index contributed by atoms with van der Waals surface area (Å²) in [6, 6.07) is 8.70. The number of carbonyl (C=O) groups is 1. The monoisotopic (exact) mass is 269 g/mol. The molecule has 0 unspecified atom stereocenters. The van der Waals surface area contributed by atoms with Crippen LogP contribution in [0.25, 0.3) is 0 Å². The molecule has 1 aliphatic rings. The van der Waals surface area contributed by atoms with E-state index in [4.69, 9.17) is 5.26 Å². The molecule has 104 valence electrons. The highest BCUT2D eigenvalue weighted by molar-refractivity contribution is 5.89. The molecule has 1 aliphatic carbocycles. The van der Waals surface area contributed by atoms with Crippen LogP contribution in [0.15, 0.2) is 35.9 Å². The molecule has 0 aromatic heterocycles. The number of amides is 2. The van der Waals surface area contributed by atoms with Crippen molar-refractivity contribution >= 4 is 11.7 Å². The summed E-state index contributed by atoms with van der Waals surface area (Å²) < 4.78 is 0. The van der Waals surface area contributed by atoms with Crippen molar-refractivity contribution in [1.29, 1.82) is 5.26 Å². The second-order valence-corrected chi connectivity index (χ2v) is 4.93. The second-order valence-electron chi connectivity index (χ2n) is 4.93. The Morgan fingerprint density at radius 1 is 1.35 bits per heavy atom. The molecular formula is C16H19N3O. The topological polar surface area (TPSA) is 64.9 Å². The Labute approximate surface area is 119 Å². The van der Waals surface area contributed by atoms with Gasteiger partial charge in [-0.25, -0.2) is 4.79 Å². The van der Waals surface area contributed by atoms with Crippen molar-refractivity contribution in [3.05, 3.63) is 41.5 Å². The van der Waals surface area contributed by atoms with Gasteiger partial charge in [0.05, 0.1) is 11.6 Å². The summed E-state index contributed by atoms with van der Waals surface area (Å²) in [5.74, 6) is 0. The molecule has 0 saturated carbocycles. The Hall–Kier alpha value is -2.28. The van der Waals surface area contributed by atoms with E-state index in [1.807, 2.05) is 6.07 Å². The Bertz CT molecular complexity index is 543. The Balaban J connectivity index is 1.75. The number of hydrogen-bond donors (Lipinski definition) is 2. The highest BCUT2D eigenvalue weighted by Gasteiger charge is 2.05. The van der Waals surface area contributed by atoms with E-state index < -0.39 is 0 Å². The number of nitrogens with zero attached hydrogens (tertiary/aromatic N) is 1. The van der Waals surface area contributed by atoms with Crippen LogP contribution in [-0.4, -0.2) is 12.6 Å². The minimum Gasteiger partial charge on any atom is -0.338 e. The summed E-state index contributed by atoms with van der Waals surface area (Å²) in [6.07, 6.45) is 8.09. The highest BCUT2D eigenvalue weighted by Crippen LogP contribution is 2.19. The zero-order valence-corrected chi connectivity index (χ0v) is 11.5. The van der Waals surface area contributed by atoms with E-state index in [0.29, 0.717) is 17.8 Å². The summed E-state index contributed by atoms with van der Waals surface area (Å²) in [4.78, 5) is 11.7. The predicted octanol–water partition coefficient (Wildman–Crippen LogP) is 3.57. The van der Waals surface area contributed by atoms with Crippen molar-refractivity contribution in [3.8, 4) is 6.07 Å². The van der Waals surface area contributed by atoms with Crippen LogP contribution in [0.1, 0.15) is 37.7 Å². The maximum absolute atomic E-state index is 11.7. The minimum atomic E-state index is -0.225. The number of nitriles is 1. The molecule has 0 atom stereocenters. The largest absolute Gasteiger partial charge is 0.338 e. The Morgan fingerprint density at radius 3 is 3.00 bits per heavy atom. The van der Waals surface area contributed by atoms with E-state index in [0.717, 1.165) is 12.8 Å². The summed E-state index contributed by atoms with van der Waals surface area (Å²) in [7, 11) is 0. The Morgan fingerprint density at radius 2 is 2.25 bits per heavy atom. The maximum atomic E-state index is 11.7. The van der Waals surface area contributed by atoms with Gasteiger partial charge in [-0.2, -0.15) is 5.26 Å². The lowest BCUT2D eigenvalue weighted by Gasteiger charge is -2.13. The fourth-order valence-electron chi connectivity index (χ4n) is 2.31. The lowest BCUT2D eigenvalue weighted by atomic mass is 9.97. The number of rotatable bonds is 4. The molecule has 0 spiro atoms. The molecular weight excluding hydrogens is 250 g/mol. The van der Waals surface area contributed by atoms with Crippen LogP contribution < -0.4 is 10.6 Å². The number of nitrogens with one attached hydrogen (secondary N) is 2. The molecule has 0 aliphatic heterocycles. The molecule has 2 amide bonds. The van der Waals surface area contributed by atoms with Gasteiger partial charge in [0, 0.05) is 12.2 Å². The van der Waals surface area contributed by atoms with Gasteiger partial charge >= 0.3 is 6.03 Å². The third-order valence-corrected chi connectivity index (χ3v) is 3.37. The van der Waals surface area contributed by atoms with E-state index in [-0.39, 0.29) is 6.03 Å². The number of allylic oxidation sites excluding steroid dienone is 1. The normalized spacial score (nSPS) is 14.1. The van der Waals surface area contributed by atoms with Gasteiger partial charge < -0.3 is 10.6 Å². The first kappa shape index (κ1) is 14.1. The van der Waals surface area contributed by atoms with Crippen LogP contribution in [-0.2, 0) is 0 Å². The second kappa shape index (κ2) is 7.34. The number of urea groups is 1. The molecule has 2 N–H and O–H groups in total. The van der Waals surface area contributed by atoms with Gasteiger partial charge in [0.25, 0.3) is 0 Å². The molecule has 4 heteroatoms. The zero-order valence-electron chi connectivity index (χ0n) is 11.5. The molecule has 20 heavy (non-hydrogen) atoms. The smallest absolute Gasteiger partial charge is 0.319 e. The summed E-state index contributed by atoms with van der Waals surface area (Å²) in [5.41, 5.74) is 2.62. The SMILES string of the molecule is N#Cc1cccc(NC(=O)NCCC2=CCCCC2)c1. The number of benzene rings is 1. The standard InChI is InChI=1S/C16H19N3O/c17-12-14-7-4-8-15(11-14)19-16(20)18-10-9-13-5-2-1-3-6-13/h4-5,7-8,11H,1-3,6,9-10H2,(H2,18,19,20). The van der Waals surface area contributed by atoms with E-state index in [1.54, 1.807) is 24.3 Å². The minimum absolute atomic E-state index is 0.225. The average Bonchev–Trinajstić information content (AvgIpc) is 2.48. The van der Waals surface area contributed by atoms with Gasteiger partial charge in [-0.05, 0) is 50.3 Å². The molecule has 2 rings (SSSR count). The van der Waals surface area contributed by atoms with E-state index in [2.05, 4.69) is 16.7 Å². The van der Waals surface area contributed by atoms with Crippen molar-refractivity contribution in [3.63, 3.8) is 0 Å². The van der Waals surface area contributed by atoms with Gasteiger partial charge in [-0.3, -0.25) is 0 Å². The maximum Gasteiger partial charge on any atom is 0.319 e. The third kappa shape index (κ3) is 4.43. The molecule has 0 bridgehead atoms. The average molecular weight is 269 g/mol. The van der Waals surface area contributed by atoms with Crippen molar-refractivity contribution in [2.24, 2.45) is 0 Å². The van der Waals surface area contributed by atoms with Crippen LogP contribution >= 0.6 is 0 Å². The van der Waals surface area contributed by atoms with E-state index >= 15 is 0 Å². The van der Waals surface area contributed by atoms with Crippen LogP contribution in [0.2, 0.25) is 0 Å². The van der Waals surface area contributed by atoms with Crippen LogP contribution in [0.3, 0.4) is 0 Å². The Kier molecular flexibility index (Phi) is 5.19. The summed E-state index contributed by atoms with van der Waals surface area (Å²) >= 11 is 0.